The number of benzene rings is 1. The molecule has 0 radical (unpaired) electrons. The number of nitrogens with one attached hydrogen (secondary N) is 1. The van der Waals surface area contributed by atoms with E-state index in [-0.39, 0.29) is 29.2 Å². The molecule has 0 unspecified atom stereocenters. The number of hydrogen-bond donors (Lipinski definition) is 4. The predicted molar refractivity (Wildman–Crippen MR) is 79.7 cm³/mol. The summed E-state index contributed by atoms with van der Waals surface area (Å²) in [6.07, 6.45) is 2.66. The molecule has 22 heavy (non-hydrogen) atoms. The quantitative estimate of drug-likeness (QED) is 0.498. The van der Waals surface area contributed by atoms with Crippen LogP contribution in [0.5, 0.6) is 11.5 Å². The number of hydrazone groups is 1. The largest absolute Gasteiger partial charge is 0.508 e. The molecule has 0 saturated carbocycles. The number of carbonyl (C=O) groups excluding carboxylic acids is 1. The van der Waals surface area contributed by atoms with E-state index in [2.05, 4.69) is 15.5 Å². The maximum Gasteiger partial charge on any atom is 0.271 e. The molecule has 0 saturated heterocycles. The summed E-state index contributed by atoms with van der Waals surface area (Å²) in [4.78, 5) is 15.8. The summed E-state index contributed by atoms with van der Waals surface area (Å²) >= 11 is 0. The number of carbonyl (C=O) groups is 1. The number of amides is 1. The summed E-state index contributed by atoms with van der Waals surface area (Å²) in [5.41, 5.74) is 3.58. The van der Waals surface area contributed by atoms with E-state index in [1.165, 1.54) is 36.7 Å². The minimum atomic E-state index is -0.511. The second-order valence-electron chi connectivity index (χ2n) is 4.54. The first-order valence-electron chi connectivity index (χ1n) is 6.43. The number of aliphatic hydroxyl groups is 1. The molecule has 0 bridgehead atoms. The van der Waals surface area contributed by atoms with Crippen molar-refractivity contribution in [1.29, 1.82) is 0 Å². The smallest absolute Gasteiger partial charge is 0.271 e. The van der Waals surface area contributed by atoms with Gasteiger partial charge in [-0.25, -0.2) is 5.43 Å². The lowest BCUT2D eigenvalue weighted by atomic mass is 10.1. The molecule has 1 amide bonds. The van der Waals surface area contributed by atoms with E-state index in [0.29, 0.717) is 11.3 Å². The molecule has 1 heterocycles. The fourth-order valence-electron chi connectivity index (χ4n) is 1.79. The first-order chi connectivity index (χ1) is 10.5. The number of pyridine rings is 1. The molecule has 0 spiro atoms. The highest BCUT2D eigenvalue weighted by atomic mass is 16.3. The van der Waals surface area contributed by atoms with Crippen molar-refractivity contribution in [3.05, 3.63) is 52.8 Å². The van der Waals surface area contributed by atoms with Gasteiger partial charge in [-0.3, -0.25) is 9.78 Å². The molecule has 114 valence electrons. The van der Waals surface area contributed by atoms with Gasteiger partial charge in [0.2, 0.25) is 0 Å². The zero-order valence-corrected chi connectivity index (χ0v) is 11.8. The van der Waals surface area contributed by atoms with E-state index in [0.717, 1.165) is 0 Å². The highest BCUT2D eigenvalue weighted by molar-refractivity contribution is 5.95. The van der Waals surface area contributed by atoms with Crippen LogP contribution >= 0.6 is 0 Å². The summed E-state index contributed by atoms with van der Waals surface area (Å²) in [6.45, 7) is 1.29. The van der Waals surface area contributed by atoms with Gasteiger partial charge in [-0.1, -0.05) is 6.07 Å². The monoisotopic (exact) mass is 301 g/mol. The van der Waals surface area contributed by atoms with Crippen molar-refractivity contribution < 1.29 is 20.1 Å². The fraction of sp³-hybridized carbons (Fsp3) is 0.133. The van der Waals surface area contributed by atoms with E-state index >= 15 is 0 Å². The topological polar surface area (TPSA) is 115 Å². The van der Waals surface area contributed by atoms with Crippen molar-refractivity contribution in [2.24, 2.45) is 5.10 Å². The van der Waals surface area contributed by atoms with Crippen LogP contribution in [0.1, 0.15) is 27.2 Å². The van der Waals surface area contributed by atoms with E-state index < -0.39 is 5.91 Å². The second kappa shape index (κ2) is 6.68. The molecule has 0 fully saturated rings. The summed E-state index contributed by atoms with van der Waals surface area (Å²) in [5, 5.41) is 32.2. The fourth-order valence-corrected chi connectivity index (χ4v) is 1.79. The Kier molecular flexibility index (Phi) is 4.70. The Labute approximate surface area is 126 Å². The molecule has 2 aromatic rings. The van der Waals surface area contributed by atoms with Crippen LogP contribution in [-0.4, -0.2) is 32.4 Å². The third-order valence-electron chi connectivity index (χ3n) is 3.00. The van der Waals surface area contributed by atoms with Crippen molar-refractivity contribution in [2.75, 3.05) is 0 Å². The van der Waals surface area contributed by atoms with Gasteiger partial charge in [0.15, 0.2) is 0 Å². The van der Waals surface area contributed by atoms with Gasteiger partial charge in [-0.2, -0.15) is 5.10 Å². The first-order valence-corrected chi connectivity index (χ1v) is 6.43. The summed E-state index contributed by atoms with van der Waals surface area (Å²) in [6, 6.07) is 5.82. The summed E-state index contributed by atoms with van der Waals surface area (Å²) < 4.78 is 0. The van der Waals surface area contributed by atoms with Crippen LogP contribution in [0.4, 0.5) is 0 Å². The van der Waals surface area contributed by atoms with Crippen LogP contribution in [0.2, 0.25) is 0 Å². The standard InChI is InChI=1S/C15H15N3O4/c1-9-14(21)13(11(8-19)6-16-9)7-17-18-15(22)10-3-2-4-12(20)5-10/h2-7,19-21H,8H2,1H3,(H,18,22). The maximum absolute atomic E-state index is 11.8. The Morgan fingerprint density at radius 1 is 1.41 bits per heavy atom. The van der Waals surface area contributed by atoms with Crippen LogP contribution < -0.4 is 5.43 Å². The van der Waals surface area contributed by atoms with Gasteiger partial charge in [0.05, 0.1) is 18.5 Å². The molecule has 0 aliphatic carbocycles. The average molecular weight is 301 g/mol. The van der Waals surface area contributed by atoms with Gasteiger partial charge < -0.3 is 15.3 Å². The minimum absolute atomic E-state index is 0.0263. The molecule has 1 aromatic carbocycles. The van der Waals surface area contributed by atoms with E-state index in [4.69, 9.17) is 0 Å². The van der Waals surface area contributed by atoms with Crippen molar-refractivity contribution >= 4 is 12.1 Å². The summed E-state index contributed by atoms with van der Waals surface area (Å²) in [5.74, 6) is -0.647. The SMILES string of the molecule is Cc1ncc(CO)c(C=NNC(=O)c2cccc(O)c2)c1O. The maximum atomic E-state index is 11.8. The number of aromatic nitrogens is 1. The molecule has 0 atom stereocenters. The molecule has 1 aromatic heterocycles. The summed E-state index contributed by atoms with van der Waals surface area (Å²) in [7, 11) is 0. The van der Waals surface area contributed by atoms with E-state index in [1.54, 1.807) is 6.92 Å². The second-order valence-corrected chi connectivity index (χ2v) is 4.54. The predicted octanol–water partition coefficient (Wildman–Crippen LogP) is 1.06. The van der Waals surface area contributed by atoms with Gasteiger partial charge in [0.1, 0.15) is 11.5 Å². The average Bonchev–Trinajstić information content (AvgIpc) is 2.51. The molecule has 4 N–H and O–H groups in total. The van der Waals surface area contributed by atoms with Crippen LogP contribution in [0.25, 0.3) is 0 Å². The Morgan fingerprint density at radius 3 is 2.86 bits per heavy atom. The number of aryl methyl sites for hydroxylation is 1. The van der Waals surface area contributed by atoms with Crippen LogP contribution in [-0.2, 0) is 6.61 Å². The highest BCUT2D eigenvalue weighted by Gasteiger charge is 2.10. The molecule has 7 nitrogen and oxygen atoms in total. The lowest BCUT2D eigenvalue weighted by Gasteiger charge is -2.07. The van der Waals surface area contributed by atoms with Crippen molar-refractivity contribution in [2.45, 2.75) is 13.5 Å². The van der Waals surface area contributed by atoms with Gasteiger partial charge in [-0.05, 0) is 25.1 Å². The lowest BCUT2D eigenvalue weighted by molar-refractivity contribution is 0.0954. The van der Waals surface area contributed by atoms with Gasteiger partial charge in [0.25, 0.3) is 5.91 Å². The molecular weight excluding hydrogens is 286 g/mol. The molecule has 7 heteroatoms. The molecule has 2 rings (SSSR count). The Morgan fingerprint density at radius 2 is 2.18 bits per heavy atom. The third-order valence-corrected chi connectivity index (χ3v) is 3.00. The van der Waals surface area contributed by atoms with Gasteiger partial charge in [0, 0.05) is 22.9 Å². The lowest BCUT2D eigenvalue weighted by Crippen LogP contribution is -2.17. The molecule has 0 aliphatic heterocycles. The number of rotatable bonds is 4. The van der Waals surface area contributed by atoms with Crippen molar-refractivity contribution in [3.63, 3.8) is 0 Å². The molecular formula is C15H15N3O4. The van der Waals surface area contributed by atoms with E-state index in [1.807, 2.05) is 0 Å². The zero-order valence-electron chi connectivity index (χ0n) is 11.8. The van der Waals surface area contributed by atoms with E-state index in [9.17, 15) is 20.1 Å². The zero-order chi connectivity index (χ0) is 16.1. The van der Waals surface area contributed by atoms with Crippen molar-refractivity contribution in [1.82, 2.24) is 10.4 Å². The Hall–Kier alpha value is -2.93. The third kappa shape index (κ3) is 3.39. The normalized spacial score (nSPS) is 10.8. The van der Waals surface area contributed by atoms with Crippen LogP contribution in [0.15, 0.2) is 35.6 Å². The number of hydrogen-bond acceptors (Lipinski definition) is 6. The minimum Gasteiger partial charge on any atom is -0.508 e. The van der Waals surface area contributed by atoms with Gasteiger partial charge in [-0.15, -0.1) is 0 Å². The number of nitrogens with zero attached hydrogens (tertiary/aromatic N) is 2. The number of aromatic hydroxyl groups is 2. The number of aliphatic hydroxyl groups excluding tert-OH is 1. The number of phenolic OH excluding ortho intramolecular Hbond substituents is 1. The Balaban J connectivity index is 2.16. The number of phenols is 1. The van der Waals surface area contributed by atoms with Crippen molar-refractivity contribution in [3.8, 4) is 11.5 Å². The Bertz CT molecular complexity index is 729. The van der Waals surface area contributed by atoms with Gasteiger partial charge >= 0.3 is 0 Å². The first kappa shape index (κ1) is 15.5. The van der Waals surface area contributed by atoms with Crippen LogP contribution in [0, 0.1) is 6.92 Å². The molecule has 0 aliphatic rings. The highest BCUT2D eigenvalue weighted by Crippen LogP contribution is 2.21. The van der Waals surface area contributed by atoms with Crippen LogP contribution in [0.3, 0.4) is 0 Å².